The third-order valence-corrected chi connectivity index (χ3v) is 5.35. The molecule has 0 spiro atoms. The molecule has 3 heterocycles. The second-order valence-electron chi connectivity index (χ2n) is 7.07. The van der Waals surface area contributed by atoms with Crippen molar-refractivity contribution in [2.75, 3.05) is 5.73 Å². The monoisotopic (exact) mass is 461 g/mol. The van der Waals surface area contributed by atoms with Crippen LogP contribution in [-0.2, 0) is 6.42 Å². The number of fused-ring (bicyclic) bond motifs is 2. The van der Waals surface area contributed by atoms with E-state index in [0.717, 1.165) is 23.2 Å². The molecule has 0 bridgehead atoms. The Hall–Kier alpha value is -4.24. The number of nitrogens with two attached hydrogens (primary N) is 2. The minimum Gasteiger partial charge on any atom is -0.381 e. The van der Waals surface area contributed by atoms with Gasteiger partial charge in [-0.25, -0.2) is 14.5 Å². The molecule has 3 aromatic heterocycles. The lowest BCUT2D eigenvalue weighted by molar-refractivity contribution is 0.100. The van der Waals surface area contributed by atoms with Crippen LogP contribution in [0.1, 0.15) is 23.0 Å². The number of benzene rings is 2. The number of pyridine rings is 1. The maximum absolute atomic E-state index is 12.8. The van der Waals surface area contributed by atoms with Crippen LogP contribution in [0.4, 0.5) is 5.82 Å². The third kappa shape index (κ3) is 4.13. The number of hydrogen-bond acceptors (Lipinski definition) is 6. The fraction of sp³-hybridized carbons (Fsp3) is 0.0870. The standard InChI is InChI=1S/C17H14ClNO.C6H6N6O/c1-2-13-11-12-7-6-10-15(18)16(12)17(20)19(13)14-8-4-3-5-9-14;7-4-3(5(8)13)6-10-1-9-2-12(6)11-4/h3-11H,2H2,1H3;1-2H,(H2,7,11)(H2,8,13). The summed E-state index contributed by atoms with van der Waals surface area (Å²) in [6.45, 7) is 2.05. The van der Waals surface area contributed by atoms with Crippen molar-refractivity contribution in [1.82, 2.24) is 24.1 Å². The number of amides is 1. The Balaban J connectivity index is 0.000000172. The molecule has 4 N–H and O–H groups in total. The normalized spacial score (nSPS) is 10.7. The van der Waals surface area contributed by atoms with Crippen LogP contribution in [0.15, 0.2) is 72.0 Å². The van der Waals surface area contributed by atoms with Crippen LogP contribution in [0.3, 0.4) is 0 Å². The van der Waals surface area contributed by atoms with E-state index in [-0.39, 0.29) is 16.9 Å². The molecule has 0 aliphatic heterocycles. The van der Waals surface area contributed by atoms with E-state index in [4.69, 9.17) is 23.1 Å². The van der Waals surface area contributed by atoms with Crippen molar-refractivity contribution in [3.63, 3.8) is 0 Å². The molecule has 0 aliphatic carbocycles. The van der Waals surface area contributed by atoms with Crippen molar-refractivity contribution in [2.24, 2.45) is 5.73 Å². The highest BCUT2D eigenvalue weighted by Crippen LogP contribution is 2.22. The van der Waals surface area contributed by atoms with E-state index in [1.54, 1.807) is 10.6 Å². The molecule has 10 heteroatoms. The molecule has 0 fully saturated rings. The maximum atomic E-state index is 12.8. The van der Waals surface area contributed by atoms with E-state index in [0.29, 0.717) is 16.1 Å². The minimum absolute atomic E-state index is 0.0591. The van der Waals surface area contributed by atoms with E-state index in [1.165, 1.54) is 17.2 Å². The summed E-state index contributed by atoms with van der Waals surface area (Å²) in [5, 5.41) is 5.78. The van der Waals surface area contributed by atoms with E-state index >= 15 is 0 Å². The second kappa shape index (κ2) is 9.09. The summed E-state index contributed by atoms with van der Waals surface area (Å²) in [6.07, 6.45) is 3.47. The zero-order valence-electron chi connectivity index (χ0n) is 17.6. The first-order valence-electron chi connectivity index (χ1n) is 10.0. The molecule has 5 rings (SSSR count). The quantitative estimate of drug-likeness (QED) is 0.424. The Morgan fingerprint density at radius 2 is 1.88 bits per heavy atom. The van der Waals surface area contributed by atoms with Gasteiger partial charge in [0.05, 0.1) is 10.4 Å². The predicted molar refractivity (Wildman–Crippen MR) is 128 cm³/mol. The fourth-order valence-corrected chi connectivity index (χ4v) is 3.82. The zero-order chi connectivity index (χ0) is 23.5. The van der Waals surface area contributed by atoms with Crippen LogP contribution in [-0.4, -0.2) is 30.1 Å². The molecule has 9 nitrogen and oxygen atoms in total. The van der Waals surface area contributed by atoms with Gasteiger partial charge in [-0.3, -0.25) is 14.2 Å². The summed E-state index contributed by atoms with van der Waals surface area (Å²) >= 11 is 6.20. The van der Waals surface area contributed by atoms with E-state index in [9.17, 15) is 9.59 Å². The number of nitrogens with zero attached hydrogens (tertiary/aromatic N) is 5. The van der Waals surface area contributed by atoms with Crippen LogP contribution in [0.5, 0.6) is 0 Å². The Morgan fingerprint density at radius 3 is 2.58 bits per heavy atom. The van der Waals surface area contributed by atoms with Crippen LogP contribution in [0.2, 0.25) is 5.02 Å². The molecule has 5 aromatic rings. The Kier molecular flexibility index (Phi) is 6.05. The summed E-state index contributed by atoms with van der Waals surface area (Å²) in [5.41, 5.74) is 12.8. The number of para-hydroxylation sites is 1. The first-order chi connectivity index (χ1) is 15.9. The molecule has 0 radical (unpaired) electrons. The number of hydrogen-bond donors (Lipinski definition) is 2. The first kappa shape index (κ1) is 22.0. The van der Waals surface area contributed by atoms with Gasteiger partial charge in [-0.2, -0.15) is 0 Å². The van der Waals surface area contributed by atoms with Crippen molar-refractivity contribution in [1.29, 1.82) is 0 Å². The third-order valence-electron chi connectivity index (χ3n) is 5.03. The number of nitrogen functional groups attached to an aromatic ring is 1. The number of aryl methyl sites for hydroxylation is 1. The molecule has 0 saturated heterocycles. The predicted octanol–water partition coefficient (Wildman–Crippen LogP) is 3.01. The smallest absolute Gasteiger partial charge is 0.264 e. The van der Waals surface area contributed by atoms with Gasteiger partial charge in [0.15, 0.2) is 11.5 Å². The number of halogens is 1. The molecule has 166 valence electrons. The van der Waals surface area contributed by atoms with Crippen LogP contribution in [0, 0.1) is 0 Å². The van der Waals surface area contributed by atoms with E-state index in [1.807, 2.05) is 55.5 Å². The maximum Gasteiger partial charge on any atom is 0.264 e. The average molecular weight is 462 g/mol. The van der Waals surface area contributed by atoms with Gasteiger partial charge in [-0.05, 0) is 36.1 Å². The minimum atomic E-state index is -0.647. The average Bonchev–Trinajstić information content (AvgIpc) is 3.15. The van der Waals surface area contributed by atoms with Gasteiger partial charge in [0.25, 0.3) is 11.5 Å². The van der Waals surface area contributed by atoms with E-state index < -0.39 is 5.91 Å². The summed E-state index contributed by atoms with van der Waals surface area (Å²) < 4.78 is 3.05. The van der Waals surface area contributed by atoms with Crippen LogP contribution in [0.25, 0.3) is 22.1 Å². The lowest BCUT2D eigenvalue weighted by Gasteiger charge is -2.14. The topological polar surface area (TPSA) is 134 Å². The summed E-state index contributed by atoms with van der Waals surface area (Å²) in [4.78, 5) is 31.3. The zero-order valence-corrected chi connectivity index (χ0v) is 18.4. The molecule has 2 aromatic carbocycles. The number of carbonyl (C=O) groups is 1. The molecule has 0 unspecified atom stereocenters. The van der Waals surface area contributed by atoms with Gasteiger partial charge in [0.2, 0.25) is 0 Å². The van der Waals surface area contributed by atoms with Crippen molar-refractivity contribution >= 4 is 39.7 Å². The van der Waals surface area contributed by atoms with Gasteiger partial charge < -0.3 is 11.5 Å². The molecule has 33 heavy (non-hydrogen) atoms. The van der Waals surface area contributed by atoms with Crippen LogP contribution < -0.4 is 17.0 Å². The summed E-state index contributed by atoms with van der Waals surface area (Å²) in [7, 11) is 0. The molecular weight excluding hydrogens is 442 g/mol. The molecule has 1 amide bonds. The first-order valence-corrected chi connectivity index (χ1v) is 10.4. The summed E-state index contributed by atoms with van der Waals surface area (Å²) in [6, 6.07) is 17.3. The largest absolute Gasteiger partial charge is 0.381 e. The fourth-order valence-electron chi connectivity index (χ4n) is 3.56. The van der Waals surface area contributed by atoms with Gasteiger partial charge in [-0.1, -0.05) is 48.9 Å². The highest BCUT2D eigenvalue weighted by molar-refractivity contribution is 6.35. The van der Waals surface area contributed by atoms with Crippen LogP contribution >= 0.6 is 11.6 Å². The van der Waals surface area contributed by atoms with Crippen molar-refractivity contribution in [3.8, 4) is 5.69 Å². The number of rotatable bonds is 3. The Bertz CT molecular complexity index is 1530. The second-order valence-corrected chi connectivity index (χ2v) is 7.48. The molecule has 0 aliphatic rings. The molecular formula is C23H20ClN7O2. The lowest BCUT2D eigenvalue weighted by atomic mass is 10.1. The van der Waals surface area contributed by atoms with Gasteiger partial charge in [-0.15, -0.1) is 5.10 Å². The van der Waals surface area contributed by atoms with Crippen molar-refractivity contribution in [3.05, 3.63) is 93.9 Å². The van der Waals surface area contributed by atoms with Gasteiger partial charge in [0.1, 0.15) is 18.2 Å². The van der Waals surface area contributed by atoms with Crippen molar-refractivity contribution < 1.29 is 4.79 Å². The molecule has 0 atom stereocenters. The number of aromatic nitrogens is 5. The Labute approximate surface area is 193 Å². The highest BCUT2D eigenvalue weighted by atomic mass is 35.5. The van der Waals surface area contributed by atoms with Gasteiger partial charge >= 0.3 is 0 Å². The SMILES string of the molecule is CCc1cc2cccc(Cl)c2c(=O)n1-c1ccccc1.NC(=O)c1c(N)nn2cncnc12. The summed E-state index contributed by atoms with van der Waals surface area (Å²) in [5.74, 6) is -0.584. The number of carbonyl (C=O) groups excluding carboxylic acids is 1. The van der Waals surface area contributed by atoms with E-state index in [2.05, 4.69) is 15.1 Å². The highest BCUT2D eigenvalue weighted by Gasteiger charge is 2.15. The lowest BCUT2D eigenvalue weighted by Crippen LogP contribution is -2.22. The Morgan fingerprint density at radius 1 is 1.12 bits per heavy atom. The number of anilines is 1. The van der Waals surface area contributed by atoms with Gasteiger partial charge in [0, 0.05) is 11.4 Å². The molecule has 0 saturated carbocycles. The number of primary amides is 1. The van der Waals surface area contributed by atoms with Crippen molar-refractivity contribution in [2.45, 2.75) is 13.3 Å².